The fourth-order valence-corrected chi connectivity index (χ4v) is 2.72. The van der Waals surface area contributed by atoms with E-state index < -0.39 is 0 Å². The van der Waals surface area contributed by atoms with Crippen LogP contribution >= 0.6 is 34.5 Å². The van der Waals surface area contributed by atoms with Gasteiger partial charge in [0.05, 0.1) is 5.69 Å². The highest BCUT2D eigenvalue weighted by atomic mass is 35.5. The summed E-state index contributed by atoms with van der Waals surface area (Å²) in [6.45, 7) is 3.86. The molecule has 0 saturated heterocycles. The first-order valence-corrected chi connectivity index (χ1v) is 6.74. The highest BCUT2D eigenvalue weighted by Gasteiger charge is 2.11. The number of anilines is 1. The molecule has 0 aliphatic heterocycles. The SMILES string of the molecule is Cc1nc(NC(=O)c2cc(Cl)cc(Cl)c2)sc1C. The van der Waals surface area contributed by atoms with Crippen molar-refractivity contribution in [1.29, 1.82) is 0 Å². The molecule has 0 spiro atoms. The van der Waals surface area contributed by atoms with Gasteiger partial charge in [-0.2, -0.15) is 0 Å². The molecule has 18 heavy (non-hydrogen) atoms. The number of benzene rings is 1. The van der Waals surface area contributed by atoms with E-state index >= 15 is 0 Å². The minimum atomic E-state index is -0.270. The third kappa shape index (κ3) is 3.02. The van der Waals surface area contributed by atoms with Gasteiger partial charge in [-0.25, -0.2) is 4.98 Å². The molecule has 1 aromatic carbocycles. The minimum Gasteiger partial charge on any atom is -0.298 e. The molecule has 0 unspecified atom stereocenters. The van der Waals surface area contributed by atoms with Crippen molar-refractivity contribution in [2.45, 2.75) is 13.8 Å². The van der Waals surface area contributed by atoms with Gasteiger partial charge in [0, 0.05) is 20.5 Å². The van der Waals surface area contributed by atoms with Gasteiger partial charge in [-0.05, 0) is 32.0 Å². The van der Waals surface area contributed by atoms with Crippen molar-refractivity contribution in [2.24, 2.45) is 0 Å². The average molecular weight is 301 g/mol. The van der Waals surface area contributed by atoms with Crippen LogP contribution in [0.1, 0.15) is 20.9 Å². The highest BCUT2D eigenvalue weighted by Crippen LogP contribution is 2.23. The number of thiazole rings is 1. The second-order valence-electron chi connectivity index (χ2n) is 3.77. The summed E-state index contributed by atoms with van der Waals surface area (Å²) in [4.78, 5) is 17.3. The monoisotopic (exact) mass is 300 g/mol. The Morgan fingerprint density at radius 2 is 1.83 bits per heavy atom. The van der Waals surface area contributed by atoms with E-state index in [1.165, 1.54) is 11.3 Å². The van der Waals surface area contributed by atoms with Gasteiger partial charge in [-0.3, -0.25) is 10.1 Å². The van der Waals surface area contributed by atoms with E-state index in [1.54, 1.807) is 18.2 Å². The van der Waals surface area contributed by atoms with E-state index in [4.69, 9.17) is 23.2 Å². The molecule has 1 heterocycles. The molecule has 0 aliphatic rings. The van der Waals surface area contributed by atoms with Crippen LogP contribution in [0.4, 0.5) is 5.13 Å². The van der Waals surface area contributed by atoms with Gasteiger partial charge in [0.25, 0.3) is 5.91 Å². The molecule has 6 heteroatoms. The molecular formula is C12H10Cl2N2OS. The predicted octanol–water partition coefficient (Wildman–Crippen LogP) is 4.32. The lowest BCUT2D eigenvalue weighted by Crippen LogP contribution is -2.11. The topological polar surface area (TPSA) is 42.0 Å². The fourth-order valence-electron chi connectivity index (χ4n) is 1.38. The molecule has 0 radical (unpaired) electrons. The summed E-state index contributed by atoms with van der Waals surface area (Å²) in [6, 6.07) is 4.71. The van der Waals surface area contributed by atoms with E-state index in [-0.39, 0.29) is 5.91 Å². The molecule has 2 rings (SSSR count). The number of rotatable bonds is 2. The van der Waals surface area contributed by atoms with Gasteiger partial charge >= 0.3 is 0 Å². The van der Waals surface area contributed by atoms with Crippen LogP contribution in [0.25, 0.3) is 0 Å². The van der Waals surface area contributed by atoms with Crippen LogP contribution < -0.4 is 5.32 Å². The van der Waals surface area contributed by atoms with E-state index in [9.17, 15) is 4.79 Å². The van der Waals surface area contributed by atoms with Crippen LogP contribution in [0.15, 0.2) is 18.2 Å². The first-order valence-electron chi connectivity index (χ1n) is 5.17. The lowest BCUT2D eigenvalue weighted by atomic mass is 10.2. The molecule has 2 aromatic rings. The molecule has 0 atom stereocenters. The molecule has 0 aliphatic carbocycles. The van der Waals surface area contributed by atoms with Crippen LogP contribution in [0, 0.1) is 13.8 Å². The number of aromatic nitrogens is 1. The van der Waals surface area contributed by atoms with Crippen molar-refractivity contribution in [1.82, 2.24) is 4.98 Å². The summed E-state index contributed by atoms with van der Waals surface area (Å²) in [5.74, 6) is -0.270. The van der Waals surface area contributed by atoms with Gasteiger partial charge < -0.3 is 0 Å². The number of nitrogens with zero attached hydrogens (tertiary/aromatic N) is 1. The number of nitrogens with one attached hydrogen (secondary N) is 1. The van der Waals surface area contributed by atoms with Gasteiger partial charge in [0.15, 0.2) is 5.13 Å². The molecule has 0 bridgehead atoms. The minimum absolute atomic E-state index is 0.270. The van der Waals surface area contributed by atoms with Crippen molar-refractivity contribution in [3.8, 4) is 0 Å². The number of carbonyl (C=O) groups is 1. The molecule has 1 N–H and O–H groups in total. The zero-order chi connectivity index (χ0) is 13.3. The smallest absolute Gasteiger partial charge is 0.257 e. The van der Waals surface area contributed by atoms with Gasteiger partial charge in [-0.15, -0.1) is 11.3 Å². The van der Waals surface area contributed by atoms with Gasteiger partial charge in [-0.1, -0.05) is 23.2 Å². The third-order valence-electron chi connectivity index (χ3n) is 2.37. The second kappa shape index (κ2) is 5.26. The maximum atomic E-state index is 12.0. The normalized spacial score (nSPS) is 10.4. The van der Waals surface area contributed by atoms with Crippen LogP contribution in [-0.2, 0) is 0 Å². The van der Waals surface area contributed by atoms with Crippen molar-refractivity contribution >= 4 is 45.6 Å². The van der Waals surface area contributed by atoms with Crippen LogP contribution in [0.2, 0.25) is 10.0 Å². The standard InChI is InChI=1S/C12H10Cl2N2OS/c1-6-7(2)18-12(15-6)16-11(17)8-3-9(13)5-10(14)4-8/h3-5H,1-2H3,(H,15,16,17). The maximum Gasteiger partial charge on any atom is 0.257 e. The number of carbonyl (C=O) groups excluding carboxylic acids is 1. The number of hydrogen-bond acceptors (Lipinski definition) is 3. The first-order chi connectivity index (χ1) is 8.45. The largest absolute Gasteiger partial charge is 0.298 e. The summed E-state index contributed by atoms with van der Waals surface area (Å²) in [6.07, 6.45) is 0. The quantitative estimate of drug-likeness (QED) is 0.897. The summed E-state index contributed by atoms with van der Waals surface area (Å²) in [5.41, 5.74) is 1.33. The van der Waals surface area contributed by atoms with Crippen LogP contribution in [0.3, 0.4) is 0 Å². The van der Waals surface area contributed by atoms with Crippen molar-refractivity contribution in [3.05, 3.63) is 44.4 Å². The summed E-state index contributed by atoms with van der Waals surface area (Å²) in [7, 11) is 0. The molecule has 1 amide bonds. The van der Waals surface area contributed by atoms with Crippen LogP contribution in [-0.4, -0.2) is 10.9 Å². The molecule has 0 fully saturated rings. The fraction of sp³-hybridized carbons (Fsp3) is 0.167. The van der Waals surface area contributed by atoms with E-state index in [2.05, 4.69) is 10.3 Å². The Kier molecular flexibility index (Phi) is 3.90. The Bertz CT molecular complexity index is 570. The summed E-state index contributed by atoms with van der Waals surface area (Å²) >= 11 is 13.1. The summed E-state index contributed by atoms with van der Waals surface area (Å²) in [5, 5.41) is 4.16. The molecule has 3 nitrogen and oxygen atoms in total. The Morgan fingerprint density at radius 3 is 2.33 bits per heavy atom. The lowest BCUT2D eigenvalue weighted by Gasteiger charge is -2.03. The lowest BCUT2D eigenvalue weighted by molar-refractivity contribution is 0.102. The zero-order valence-corrected chi connectivity index (χ0v) is 12.1. The Balaban J connectivity index is 2.21. The highest BCUT2D eigenvalue weighted by molar-refractivity contribution is 7.15. The predicted molar refractivity (Wildman–Crippen MR) is 76.0 cm³/mol. The van der Waals surface area contributed by atoms with Gasteiger partial charge in [0.1, 0.15) is 0 Å². The summed E-state index contributed by atoms with van der Waals surface area (Å²) < 4.78 is 0. The van der Waals surface area contributed by atoms with E-state index in [0.29, 0.717) is 20.7 Å². The first kappa shape index (κ1) is 13.3. The Morgan fingerprint density at radius 1 is 1.22 bits per heavy atom. The second-order valence-corrected chi connectivity index (χ2v) is 5.85. The molecular weight excluding hydrogens is 291 g/mol. The van der Waals surface area contributed by atoms with Crippen molar-refractivity contribution in [3.63, 3.8) is 0 Å². The average Bonchev–Trinajstić information content (AvgIpc) is 2.56. The molecule has 94 valence electrons. The molecule has 1 aromatic heterocycles. The number of amides is 1. The molecule has 0 saturated carbocycles. The maximum absolute atomic E-state index is 12.0. The third-order valence-corrected chi connectivity index (χ3v) is 3.80. The zero-order valence-electron chi connectivity index (χ0n) is 9.75. The van der Waals surface area contributed by atoms with E-state index in [1.807, 2.05) is 13.8 Å². The number of aryl methyl sites for hydroxylation is 2. The van der Waals surface area contributed by atoms with E-state index in [0.717, 1.165) is 10.6 Å². The number of hydrogen-bond donors (Lipinski definition) is 1. The number of halogens is 2. The van der Waals surface area contributed by atoms with Crippen molar-refractivity contribution < 1.29 is 4.79 Å². The van der Waals surface area contributed by atoms with Crippen LogP contribution in [0.5, 0.6) is 0 Å². The Hall–Kier alpha value is -1.10. The van der Waals surface area contributed by atoms with Gasteiger partial charge in [0.2, 0.25) is 0 Å². The van der Waals surface area contributed by atoms with Crippen molar-refractivity contribution in [2.75, 3.05) is 5.32 Å². The Labute approximate surface area is 119 Å².